The zero-order valence-corrected chi connectivity index (χ0v) is 20.9. The zero-order chi connectivity index (χ0) is 20.1. The van der Waals surface area contributed by atoms with Gasteiger partial charge in [-0.25, -0.2) is 0 Å². The molecule has 0 radical (unpaired) electrons. The highest BCUT2D eigenvalue weighted by atomic mass is 31.2. The fraction of sp³-hybridized carbons (Fsp3) is 1.00. The van der Waals surface area contributed by atoms with E-state index in [0.717, 1.165) is 0 Å². The lowest BCUT2D eigenvalue weighted by Gasteiger charge is -2.10. The van der Waals surface area contributed by atoms with Crippen LogP contribution in [-0.2, 0) is 0 Å². The topological polar surface area (TPSA) is 0 Å². The van der Waals surface area contributed by atoms with E-state index in [1.54, 1.807) is 0 Å². The SMILES string of the molecule is CCCCCCCCCCCCCCCCCCCCCCC[P+](C)(C)C. The second-order valence-corrected chi connectivity index (χ2v) is 15.1. The summed E-state index contributed by atoms with van der Waals surface area (Å²) in [6.45, 7) is 9.73. The van der Waals surface area contributed by atoms with Crippen molar-refractivity contribution in [2.45, 2.75) is 142 Å². The lowest BCUT2D eigenvalue weighted by atomic mass is 10.0. The van der Waals surface area contributed by atoms with Crippen molar-refractivity contribution in [1.82, 2.24) is 0 Å². The van der Waals surface area contributed by atoms with Crippen LogP contribution in [-0.4, -0.2) is 26.2 Å². The molecule has 27 heavy (non-hydrogen) atoms. The fourth-order valence-corrected chi connectivity index (χ4v) is 5.19. The zero-order valence-electron chi connectivity index (χ0n) is 20.0. The first-order valence-electron chi connectivity index (χ1n) is 12.9. The Bertz CT molecular complexity index is 266. The minimum absolute atomic E-state index is 0.511. The van der Waals surface area contributed by atoms with Crippen LogP contribution in [0.5, 0.6) is 0 Å². The maximum absolute atomic E-state index is 2.48. The van der Waals surface area contributed by atoms with Crippen LogP contribution in [0.15, 0.2) is 0 Å². The molecule has 0 aliphatic heterocycles. The standard InChI is InChI=1S/C26H56P/c1-5-6-7-8-9-10-11-12-13-14-15-16-17-18-19-20-21-22-23-24-25-26-27(2,3)4/h5-26H2,1-4H3/q+1. The van der Waals surface area contributed by atoms with E-state index in [2.05, 4.69) is 26.9 Å². The molecule has 1 heteroatoms. The first-order chi connectivity index (χ1) is 13.1. The van der Waals surface area contributed by atoms with Crippen molar-refractivity contribution >= 4 is 7.26 Å². The second-order valence-electron chi connectivity index (χ2n) is 10.1. The Hall–Kier alpha value is 0.430. The first-order valence-corrected chi connectivity index (χ1v) is 16.2. The highest BCUT2D eigenvalue weighted by Gasteiger charge is 2.15. The van der Waals surface area contributed by atoms with Gasteiger partial charge in [0, 0.05) is 27.3 Å². The summed E-state index contributed by atoms with van der Waals surface area (Å²) >= 11 is 0. The van der Waals surface area contributed by atoms with Crippen molar-refractivity contribution in [1.29, 1.82) is 0 Å². The molecule has 0 bridgehead atoms. The second kappa shape index (κ2) is 21.1. The third-order valence-electron chi connectivity index (χ3n) is 5.93. The summed E-state index contributed by atoms with van der Waals surface area (Å²) in [5.74, 6) is 0. The van der Waals surface area contributed by atoms with Gasteiger partial charge in [-0.15, -0.1) is 0 Å². The Labute approximate surface area is 175 Å². The van der Waals surface area contributed by atoms with Crippen LogP contribution >= 0.6 is 7.26 Å². The van der Waals surface area contributed by atoms with Gasteiger partial charge in [-0.1, -0.05) is 129 Å². The van der Waals surface area contributed by atoms with Gasteiger partial charge in [0.25, 0.3) is 0 Å². The van der Waals surface area contributed by atoms with Gasteiger partial charge < -0.3 is 0 Å². The molecule has 0 heterocycles. The third-order valence-corrected chi connectivity index (χ3v) is 7.59. The average Bonchev–Trinajstić information content (AvgIpc) is 2.62. The molecule has 164 valence electrons. The smallest absolute Gasteiger partial charge is 0.0586 e. The van der Waals surface area contributed by atoms with E-state index in [9.17, 15) is 0 Å². The van der Waals surface area contributed by atoms with E-state index in [1.165, 1.54) is 141 Å². The van der Waals surface area contributed by atoms with Crippen LogP contribution < -0.4 is 0 Å². The quantitative estimate of drug-likeness (QED) is 0.125. The molecule has 0 aliphatic rings. The van der Waals surface area contributed by atoms with Crippen LogP contribution in [0.2, 0.25) is 0 Å². The van der Waals surface area contributed by atoms with Crippen molar-refractivity contribution < 1.29 is 0 Å². The molecule has 0 nitrogen and oxygen atoms in total. The van der Waals surface area contributed by atoms with Crippen molar-refractivity contribution in [3.05, 3.63) is 0 Å². The summed E-state index contributed by atoms with van der Waals surface area (Å²) in [5, 5.41) is 0. The predicted octanol–water partition coefficient (Wildman–Crippen LogP) is 10.1. The van der Waals surface area contributed by atoms with Crippen LogP contribution in [0, 0.1) is 0 Å². The molecule has 0 saturated heterocycles. The summed E-state index contributed by atoms with van der Waals surface area (Å²) in [4.78, 5) is 0. The minimum Gasteiger partial charge on any atom is -0.0654 e. The predicted molar refractivity (Wildman–Crippen MR) is 132 cm³/mol. The molecule has 0 aromatic carbocycles. The van der Waals surface area contributed by atoms with Crippen LogP contribution in [0.3, 0.4) is 0 Å². The average molecular weight is 400 g/mol. The van der Waals surface area contributed by atoms with Gasteiger partial charge in [-0.3, -0.25) is 0 Å². The van der Waals surface area contributed by atoms with E-state index in [1.807, 2.05) is 0 Å². The molecule has 0 saturated carbocycles. The lowest BCUT2D eigenvalue weighted by Crippen LogP contribution is -1.93. The van der Waals surface area contributed by atoms with Gasteiger partial charge in [0.1, 0.15) is 0 Å². The maximum Gasteiger partial charge on any atom is 0.0586 e. The van der Waals surface area contributed by atoms with E-state index in [0.29, 0.717) is 0 Å². The Morgan fingerprint density at radius 3 is 0.778 bits per heavy atom. The molecule has 0 spiro atoms. The van der Waals surface area contributed by atoms with Crippen molar-refractivity contribution in [2.24, 2.45) is 0 Å². The van der Waals surface area contributed by atoms with Gasteiger partial charge in [-0.2, -0.15) is 0 Å². The molecule has 0 N–H and O–H groups in total. The highest BCUT2D eigenvalue weighted by Crippen LogP contribution is 2.47. The summed E-state index contributed by atoms with van der Waals surface area (Å²) in [6.07, 6.45) is 32.6. The molecule has 0 aromatic heterocycles. The Balaban J connectivity index is 3.01. The van der Waals surface area contributed by atoms with E-state index < -0.39 is 7.26 Å². The van der Waals surface area contributed by atoms with Crippen molar-refractivity contribution in [2.75, 3.05) is 26.2 Å². The molecule has 0 aromatic rings. The van der Waals surface area contributed by atoms with E-state index in [4.69, 9.17) is 0 Å². The number of unbranched alkanes of at least 4 members (excludes halogenated alkanes) is 20. The van der Waals surface area contributed by atoms with Gasteiger partial charge in [0.2, 0.25) is 0 Å². The number of hydrogen-bond donors (Lipinski definition) is 0. The van der Waals surface area contributed by atoms with Crippen LogP contribution in [0.25, 0.3) is 0 Å². The van der Waals surface area contributed by atoms with E-state index in [-0.39, 0.29) is 0 Å². The number of hydrogen-bond acceptors (Lipinski definition) is 0. The van der Waals surface area contributed by atoms with Crippen LogP contribution in [0.1, 0.15) is 142 Å². The Morgan fingerprint density at radius 2 is 0.556 bits per heavy atom. The highest BCUT2D eigenvalue weighted by molar-refractivity contribution is 7.73. The first kappa shape index (κ1) is 27.4. The van der Waals surface area contributed by atoms with Gasteiger partial charge in [0.15, 0.2) is 0 Å². The normalized spacial score (nSPS) is 12.0. The maximum atomic E-state index is 2.48. The summed E-state index contributed by atoms with van der Waals surface area (Å²) in [6, 6.07) is 0. The van der Waals surface area contributed by atoms with Gasteiger partial charge in [0.05, 0.1) is 6.16 Å². The van der Waals surface area contributed by atoms with Gasteiger partial charge in [-0.05, 0) is 12.8 Å². The molecule has 0 rings (SSSR count). The summed E-state index contributed by atoms with van der Waals surface area (Å²) in [7, 11) is -0.511. The molecule has 0 atom stereocenters. The molecule has 0 aliphatic carbocycles. The third kappa shape index (κ3) is 26.4. The molecular weight excluding hydrogens is 343 g/mol. The molecule has 0 fully saturated rings. The molecule has 0 amide bonds. The molecule has 0 unspecified atom stereocenters. The Morgan fingerprint density at radius 1 is 0.333 bits per heavy atom. The lowest BCUT2D eigenvalue weighted by molar-refractivity contribution is 0.521. The minimum atomic E-state index is -0.511. The number of rotatable bonds is 22. The summed E-state index contributed by atoms with van der Waals surface area (Å²) in [5.41, 5.74) is 0. The van der Waals surface area contributed by atoms with Crippen LogP contribution in [0.4, 0.5) is 0 Å². The molecular formula is C26H56P+. The largest absolute Gasteiger partial charge is 0.0654 e. The van der Waals surface area contributed by atoms with E-state index >= 15 is 0 Å². The van der Waals surface area contributed by atoms with Gasteiger partial charge >= 0.3 is 0 Å². The van der Waals surface area contributed by atoms with Crippen molar-refractivity contribution in [3.8, 4) is 0 Å². The summed E-state index contributed by atoms with van der Waals surface area (Å²) < 4.78 is 0. The monoisotopic (exact) mass is 399 g/mol. The van der Waals surface area contributed by atoms with Crippen molar-refractivity contribution in [3.63, 3.8) is 0 Å². The fourth-order valence-electron chi connectivity index (χ4n) is 4.02. The Kier molecular flexibility index (Phi) is 21.5.